The molecular formula is C22H20N2O3. The standard InChI is InChI=1S/C22H20N2O3/c1-15-6-3-10-20(16(15)2)24-22(26)17-7-4-8-18(14-17)23-21(25)12-11-19-9-5-13-27-19/h3-14H,1-2H3,(H,23,25)(H,24,26)/b12-11+. The number of nitrogens with one attached hydrogen (secondary N) is 2. The van der Waals surface area contributed by atoms with Crippen LogP contribution in [-0.4, -0.2) is 11.8 Å². The van der Waals surface area contributed by atoms with Crippen LogP contribution < -0.4 is 10.6 Å². The van der Waals surface area contributed by atoms with Crippen LogP contribution in [-0.2, 0) is 4.79 Å². The first-order valence-corrected chi connectivity index (χ1v) is 8.53. The zero-order valence-corrected chi connectivity index (χ0v) is 15.2. The van der Waals surface area contributed by atoms with Crippen LogP contribution in [0.25, 0.3) is 6.08 Å². The van der Waals surface area contributed by atoms with E-state index in [0.29, 0.717) is 17.0 Å². The average molecular weight is 360 g/mol. The Balaban J connectivity index is 1.68. The fourth-order valence-electron chi connectivity index (χ4n) is 2.55. The molecule has 0 radical (unpaired) electrons. The van der Waals surface area contributed by atoms with Gasteiger partial charge < -0.3 is 15.1 Å². The lowest BCUT2D eigenvalue weighted by Crippen LogP contribution is -2.14. The molecule has 5 heteroatoms. The summed E-state index contributed by atoms with van der Waals surface area (Å²) in [4.78, 5) is 24.6. The number of benzene rings is 2. The Labute approximate surface area is 157 Å². The number of hydrogen-bond acceptors (Lipinski definition) is 3. The zero-order chi connectivity index (χ0) is 19.2. The molecule has 0 saturated heterocycles. The lowest BCUT2D eigenvalue weighted by molar-refractivity contribution is -0.111. The van der Waals surface area contributed by atoms with Crippen LogP contribution in [0, 0.1) is 13.8 Å². The van der Waals surface area contributed by atoms with Gasteiger partial charge in [0.2, 0.25) is 5.91 Å². The highest BCUT2D eigenvalue weighted by atomic mass is 16.3. The van der Waals surface area contributed by atoms with Crippen molar-refractivity contribution >= 4 is 29.3 Å². The van der Waals surface area contributed by atoms with Gasteiger partial charge in [-0.2, -0.15) is 0 Å². The molecule has 1 heterocycles. The minimum Gasteiger partial charge on any atom is -0.465 e. The van der Waals surface area contributed by atoms with Crippen LogP contribution in [0.1, 0.15) is 27.2 Å². The lowest BCUT2D eigenvalue weighted by atomic mass is 10.1. The van der Waals surface area contributed by atoms with Gasteiger partial charge in [0, 0.05) is 23.0 Å². The van der Waals surface area contributed by atoms with Gasteiger partial charge in [0.05, 0.1) is 6.26 Å². The maximum atomic E-state index is 12.5. The first-order chi connectivity index (χ1) is 13.0. The fourth-order valence-corrected chi connectivity index (χ4v) is 2.55. The van der Waals surface area contributed by atoms with Crippen LogP contribution in [0.3, 0.4) is 0 Å². The number of anilines is 2. The molecule has 0 aliphatic heterocycles. The number of carbonyl (C=O) groups excluding carboxylic acids is 2. The van der Waals surface area contributed by atoms with Crippen molar-refractivity contribution in [3.05, 3.63) is 89.4 Å². The van der Waals surface area contributed by atoms with Gasteiger partial charge in [0.15, 0.2) is 0 Å². The molecule has 0 aliphatic carbocycles. The Morgan fingerprint density at radius 2 is 1.78 bits per heavy atom. The summed E-state index contributed by atoms with van der Waals surface area (Å²) in [6, 6.07) is 16.1. The molecular weight excluding hydrogens is 340 g/mol. The van der Waals surface area contributed by atoms with E-state index in [1.807, 2.05) is 32.0 Å². The first kappa shape index (κ1) is 18.2. The molecule has 2 N–H and O–H groups in total. The molecule has 1 aromatic heterocycles. The predicted octanol–water partition coefficient (Wildman–Crippen LogP) is 4.80. The Kier molecular flexibility index (Phi) is 5.52. The number of furan rings is 1. The van der Waals surface area contributed by atoms with Crippen molar-refractivity contribution in [1.82, 2.24) is 0 Å². The van der Waals surface area contributed by atoms with Gasteiger partial charge in [-0.1, -0.05) is 18.2 Å². The van der Waals surface area contributed by atoms with E-state index in [4.69, 9.17) is 4.42 Å². The highest BCUT2D eigenvalue weighted by Crippen LogP contribution is 2.19. The smallest absolute Gasteiger partial charge is 0.255 e. The van der Waals surface area contributed by atoms with Gasteiger partial charge in [0.1, 0.15) is 5.76 Å². The van der Waals surface area contributed by atoms with Crippen molar-refractivity contribution in [2.45, 2.75) is 13.8 Å². The van der Waals surface area contributed by atoms with Crippen LogP contribution >= 0.6 is 0 Å². The molecule has 136 valence electrons. The lowest BCUT2D eigenvalue weighted by Gasteiger charge is -2.11. The predicted molar refractivity (Wildman–Crippen MR) is 107 cm³/mol. The first-order valence-electron chi connectivity index (χ1n) is 8.53. The van der Waals surface area contributed by atoms with E-state index in [9.17, 15) is 9.59 Å². The molecule has 0 fully saturated rings. The summed E-state index contributed by atoms with van der Waals surface area (Å²) >= 11 is 0. The number of rotatable bonds is 5. The van der Waals surface area contributed by atoms with Gasteiger partial charge in [-0.15, -0.1) is 0 Å². The summed E-state index contributed by atoms with van der Waals surface area (Å²) in [7, 11) is 0. The Morgan fingerprint density at radius 3 is 2.56 bits per heavy atom. The Morgan fingerprint density at radius 1 is 0.963 bits per heavy atom. The average Bonchev–Trinajstić information content (AvgIpc) is 3.18. The molecule has 3 rings (SSSR count). The monoisotopic (exact) mass is 360 g/mol. The maximum absolute atomic E-state index is 12.5. The van der Waals surface area contributed by atoms with E-state index in [1.165, 1.54) is 12.3 Å². The molecule has 5 nitrogen and oxygen atoms in total. The Hall–Kier alpha value is -3.60. The van der Waals surface area contributed by atoms with Crippen molar-refractivity contribution in [3.63, 3.8) is 0 Å². The summed E-state index contributed by atoms with van der Waals surface area (Å²) < 4.78 is 5.14. The molecule has 0 spiro atoms. The van der Waals surface area contributed by atoms with Crippen LogP contribution in [0.15, 0.2) is 71.4 Å². The third-order valence-electron chi connectivity index (χ3n) is 4.19. The van der Waals surface area contributed by atoms with E-state index in [1.54, 1.807) is 42.5 Å². The van der Waals surface area contributed by atoms with Crippen molar-refractivity contribution < 1.29 is 14.0 Å². The molecule has 2 aromatic carbocycles. The second-order valence-electron chi connectivity index (χ2n) is 6.12. The van der Waals surface area contributed by atoms with Crippen LogP contribution in [0.5, 0.6) is 0 Å². The molecule has 27 heavy (non-hydrogen) atoms. The normalized spacial score (nSPS) is 10.7. The Bertz CT molecular complexity index is 989. The molecule has 0 atom stereocenters. The summed E-state index contributed by atoms with van der Waals surface area (Å²) in [6.45, 7) is 3.96. The van der Waals surface area contributed by atoms with Crippen molar-refractivity contribution in [2.24, 2.45) is 0 Å². The fraction of sp³-hybridized carbons (Fsp3) is 0.0909. The van der Waals surface area contributed by atoms with Gasteiger partial charge >= 0.3 is 0 Å². The van der Waals surface area contributed by atoms with E-state index in [0.717, 1.165) is 16.8 Å². The highest BCUT2D eigenvalue weighted by Gasteiger charge is 2.10. The SMILES string of the molecule is Cc1cccc(NC(=O)c2cccc(NC(=O)/C=C/c3ccco3)c2)c1C. The third kappa shape index (κ3) is 4.73. The number of carbonyl (C=O) groups is 2. The highest BCUT2D eigenvalue weighted by molar-refractivity contribution is 6.06. The van der Waals surface area contributed by atoms with E-state index in [2.05, 4.69) is 10.6 Å². The molecule has 3 aromatic rings. The molecule has 0 bridgehead atoms. The second-order valence-corrected chi connectivity index (χ2v) is 6.12. The minimum atomic E-state index is -0.307. The minimum absolute atomic E-state index is 0.231. The van der Waals surface area contributed by atoms with Gasteiger partial charge in [-0.25, -0.2) is 0 Å². The summed E-state index contributed by atoms with van der Waals surface area (Å²) in [5, 5.41) is 5.65. The van der Waals surface area contributed by atoms with Crippen molar-refractivity contribution in [2.75, 3.05) is 10.6 Å². The van der Waals surface area contributed by atoms with Crippen LogP contribution in [0.2, 0.25) is 0 Å². The molecule has 0 aliphatic rings. The number of amides is 2. The quantitative estimate of drug-likeness (QED) is 0.642. The van der Waals surface area contributed by atoms with Gasteiger partial charge in [-0.05, 0) is 67.4 Å². The molecule has 0 saturated carbocycles. The van der Waals surface area contributed by atoms with Gasteiger partial charge in [0.25, 0.3) is 5.91 Å². The number of aryl methyl sites for hydroxylation is 1. The van der Waals surface area contributed by atoms with Gasteiger partial charge in [-0.3, -0.25) is 9.59 Å². The summed E-state index contributed by atoms with van der Waals surface area (Å²) in [5.41, 5.74) is 3.91. The van der Waals surface area contributed by atoms with Crippen molar-refractivity contribution in [1.29, 1.82) is 0 Å². The van der Waals surface area contributed by atoms with E-state index >= 15 is 0 Å². The molecule has 0 unspecified atom stereocenters. The van der Waals surface area contributed by atoms with E-state index < -0.39 is 0 Å². The van der Waals surface area contributed by atoms with Crippen molar-refractivity contribution in [3.8, 4) is 0 Å². The summed E-state index contributed by atoms with van der Waals surface area (Å²) in [6.07, 6.45) is 4.49. The van der Waals surface area contributed by atoms with E-state index in [-0.39, 0.29) is 11.8 Å². The second kappa shape index (κ2) is 8.19. The number of hydrogen-bond donors (Lipinski definition) is 2. The molecule has 2 amide bonds. The maximum Gasteiger partial charge on any atom is 0.255 e. The topological polar surface area (TPSA) is 71.3 Å². The van der Waals surface area contributed by atoms with Crippen LogP contribution in [0.4, 0.5) is 11.4 Å². The zero-order valence-electron chi connectivity index (χ0n) is 15.2. The largest absolute Gasteiger partial charge is 0.465 e. The third-order valence-corrected chi connectivity index (χ3v) is 4.19. The summed E-state index contributed by atoms with van der Waals surface area (Å²) in [5.74, 6) is 0.0521.